The van der Waals surface area contributed by atoms with E-state index in [2.05, 4.69) is 11.4 Å². The number of hydrogen-bond donors (Lipinski definition) is 2. The van der Waals surface area contributed by atoms with E-state index in [0.717, 1.165) is 58.3 Å². The lowest BCUT2D eigenvalue weighted by molar-refractivity contribution is 0.0694. The van der Waals surface area contributed by atoms with Crippen molar-refractivity contribution < 1.29 is 19.1 Å². The minimum atomic E-state index is -1.28. The number of aldehydes is 1. The fourth-order valence-corrected chi connectivity index (χ4v) is 6.48. The molecule has 2 aromatic heterocycles. The number of aromatic nitrogens is 1. The van der Waals surface area contributed by atoms with Gasteiger partial charge in [0, 0.05) is 64.3 Å². The minimum Gasteiger partial charge on any atom is -0.477 e. The Morgan fingerprint density at radius 1 is 1.00 bits per heavy atom. The summed E-state index contributed by atoms with van der Waals surface area (Å²) < 4.78 is 17.6. The van der Waals surface area contributed by atoms with Gasteiger partial charge in [0.15, 0.2) is 6.29 Å². The molecule has 9 heteroatoms. The summed E-state index contributed by atoms with van der Waals surface area (Å²) in [6, 6.07) is 21.2. The summed E-state index contributed by atoms with van der Waals surface area (Å²) in [7, 11) is 0. The van der Waals surface area contributed by atoms with Crippen LogP contribution >= 0.6 is 11.3 Å². The van der Waals surface area contributed by atoms with Gasteiger partial charge in [-0.15, -0.1) is 11.3 Å². The maximum absolute atomic E-state index is 14.6. The van der Waals surface area contributed by atoms with E-state index in [0.29, 0.717) is 24.3 Å². The Hall–Kier alpha value is -4.34. The van der Waals surface area contributed by atoms with Crippen molar-refractivity contribution in [3.05, 3.63) is 100 Å². The molecule has 0 atom stereocenters. The van der Waals surface area contributed by atoms with Crippen molar-refractivity contribution in [3.8, 4) is 10.4 Å². The van der Waals surface area contributed by atoms with Crippen molar-refractivity contribution in [1.82, 2.24) is 9.88 Å². The highest BCUT2D eigenvalue weighted by molar-refractivity contribution is 7.22. The van der Waals surface area contributed by atoms with Crippen molar-refractivity contribution in [2.45, 2.75) is 18.9 Å². The van der Waals surface area contributed by atoms with E-state index in [1.54, 1.807) is 17.4 Å². The van der Waals surface area contributed by atoms with Crippen LogP contribution in [0.2, 0.25) is 0 Å². The van der Waals surface area contributed by atoms with Gasteiger partial charge in [-0.25, -0.2) is 9.18 Å². The van der Waals surface area contributed by atoms with Crippen LogP contribution in [0.25, 0.3) is 31.4 Å². The Balaban J connectivity index is 0.000000156. The molecule has 3 aromatic carbocycles. The summed E-state index contributed by atoms with van der Waals surface area (Å²) in [6.45, 7) is 2.96. The number of carbonyl (C=O) groups is 2. The number of benzene rings is 3. The zero-order valence-electron chi connectivity index (χ0n) is 22.2. The molecule has 208 valence electrons. The molecule has 0 amide bonds. The number of thiophene rings is 1. The number of nitrogens with zero attached hydrogens (tertiary/aromatic N) is 2. The molecule has 3 heterocycles. The fraction of sp³-hybridized carbons (Fsp3) is 0.219. The van der Waals surface area contributed by atoms with Crippen molar-refractivity contribution in [2.24, 2.45) is 0 Å². The molecule has 2 fully saturated rings. The van der Waals surface area contributed by atoms with Gasteiger partial charge in [0.1, 0.15) is 11.4 Å². The average Bonchev–Trinajstić information content (AvgIpc) is 3.78. The number of aromatic carboxylic acids is 1. The second-order valence-corrected chi connectivity index (χ2v) is 11.3. The molecule has 7 nitrogen and oxygen atoms in total. The van der Waals surface area contributed by atoms with Gasteiger partial charge in [-0.05, 0) is 36.6 Å². The Morgan fingerprint density at radius 3 is 2.39 bits per heavy atom. The molecule has 1 aliphatic heterocycles. The number of rotatable bonds is 5. The Bertz CT molecular complexity index is 1820. The molecule has 0 unspecified atom stereocenters. The van der Waals surface area contributed by atoms with Gasteiger partial charge in [-0.1, -0.05) is 48.5 Å². The van der Waals surface area contributed by atoms with Crippen LogP contribution in [0.15, 0.2) is 77.7 Å². The van der Waals surface area contributed by atoms with Crippen LogP contribution in [-0.4, -0.2) is 48.1 Å². The third-order valence-electron chi connectivity index (χ3n) is 7.52. The number of fused-ring (bicyclic) bond motifs is 2. The maximum Gasteiger partial charge on any atom is 0.341 e. The van der Waals surface area contributed by atoms with Crippen molar-refractivity contribution >= 4 is 50.3 Å². The second kappa shape index (κ2) is 11.3. The standard InChI is InChI=1S/C17H18FN3O3.C15H10OS/c18-13-7-11-14(8-15(13)20-5-3-19-4-6-20)21(10-1-2-10)9-12(16(11)22)17(23)24;16-10-13-12-8-4-5-9-14(12)17-15(13)11-6-2-1-3-7-11/h7-10,19H,1-6H2,(H,23,24);1-10H. The number of carboxylic acids is 1. The van der Waals surface area contributed by atoms with Crippen LogP contribution in [0.4, 0.5) is 10.1 Å². The topological polar surface area (TPSA) is 91.6 Å². The molecule has 2 aliphatic rings. The third kappa shape index (κ3) is 5.26. The van der Waals surface area contributed by atoms with Crippen LogP contribution in [0.5, 0.6) is 0 Å². The van der Waals surface area contributed by atoms with Crippen LogP contribution in [0.3, 0.4) is 0 Å². The molecule has 1 saturated carbocycles. The van der Waals surface area contributed by atoms with Crippen LogP contribution < -0.4 is 15.6 Å². The molecule has 41 heavy (non-hydrogen) atoms. The Morgan fingerprint density at radius 2 is 1.71 bits per heavy atom. The highest BCUT2D eigenvalue weighted by Gasteiger charge is 2.28. The molecule has 7 rings (SSSR count). The molecule has 5 aromatic rings. The number of halogens is 1. The zero-order valence-corrected chi connectivity index (χ0v) is 23.0. The average molecular weight is 570 g/mol. The first-order chi connectivity index (χ1) is 20.0. The number of pyridine rings is 1. The number of piperazine rings is 1. The van der Waals surface area contributed by atoms with Crippen molar-refractivity contribution in [2.75, 3.05) is 31.1 Å². The smallest absolute Gasteiger partial charge is 0.341 e. The van der Waals surface area contributed by atoms with E-state index in [1.807, 2.05) is 58.0 Å². The predicted molar refractivity (Wildman–Crippen MR) is 161 cm³/mol. The van der Waals surface area contributed by atoms with Gasteiger partial charge in [-0.2, -0.15) is 0 Å². The van der Waals surface area contributed by atoms with Gasteiger partial charge in [0.25, 0.3) is 0 Å². The van der Waals surface area contributed by atoms with Gasteiger partial charge >= 0.3 is 5.97 Å². The quantitative estimate of drug-likeness (QED) is 0.254. The normalized spacial score (nSPS) is 15.0. The zero-order chi connectivity index (χ0) is 28.5. The lowest BCUT2D eigenvalue weighted by atomic mass is 10.1. The number of nitrogens with one attached hydrogen (secondary N) is 1. The molecule has 0 spiro atoms. The number of hydrogen-bond acceptors (Lipinski definition) is 6. The molecular weight excluding hydrogens is 541 g/mol. The highest BCUT2D eigenvalue weighted by Crippen LogP contribution is 2.39. The van der Waals surface area contributed by atoms with E-state index in [-0.39, 0.29) is 17.0 Å². The molecule has 1 saturated heterocycles. The lowest BCUT2D eigenvalue weighted by Crippen LogP contribution is -2.43. The van der Waals surface area contributed by atoms with Gasteiger partial charge in [0.2, 0.25) is 5.43 Å². The first kappa shape index (κ1) is 26.9. The Kier molecular flexibility index (Phi) is 7.38. The first-order valence-electron chi connectivity index (χ1n) is 13.6. The number of anilines is 1. The summed E-state index contributed by atoms with van der Waals surface area (Å²) >= 11 is 1.67. The molecule has 2 N–H and O–H groups in total. The van der Waals surface area contributed by atoms with Crippen LogP contribution in [0, 0.1) is 5.82 Å². The van der Waals surface area contributed by atoms with Gasteiger partial charge < -0.3 is 19.9 Å². The lowest BCUT2D eigenvalue weighted by Gasteiger charge is -2.30. The van der Waals surface area contributed by atoms with Crippen molar-refractivity contribution in [3.63, 3.8) is 0 Å². The highest BCUT2D eigenvalue weighted by atomic mass is 32.1. The summed E-state index contributed by atoms with van der Waals surface area (Å²) in [4.78, 5) is 38.1. The fourth-order valence-electron chi connectivity index (χ4n) is 5.30. The van der Waals surface area contributed by atoms with Crippen LogP contribution in [0.1, 0.15) is 39.6 Å². The summed E-state index contributed by atoms with van der Waals surface area (Å²) in [6.07, 6.45) is 4.25. The minimum absolute atomic E-state index is 0.137. The SMILES string of the molecule is O=C(O)c1cn(C2CC2)c2cc(N3CCNCC3)c(F)cc2c1=O.O=Cc1c(-c2ccccc2)sc2ccccc12. The Labute approximate surface area is 239 Å². The van der Waals surface area contributed by atoms with Gasteiger partial charge in [0.05, 0.1) is 11.2 Å². The maximum atomic E-state index is 14.6. The van der Waals surface area contributed by atoms with E-state index < -0.39 is 17.2 Å². The summed E-state index contributed by atoms with van der Waals surface area (Å²) in [5.41, 5.74) is 2.07. The summed E-state index contributed by atoms with van der Waals surface area (Å²) in [5, 5.41) is 13.7. The second-order valence-electron chi connectivity index (χ2n) is 10.2. The largest absolute Gasteiger partial charge is 0.477 e. The van der Waals surface area contributed by atoms with E-state index in [1.165, 1.54) is 12.3 Å². The monoisotopic (exact) mass is 569 g/mol. The number of carboxylic acid groups (broad SMARTS) is 1. The molecule has 0 radical (unpaired) electrons. The predicted octanol–water partition coefficient (Wildman–Crippen LogP) is 5.96. The van der Waals surface area contributed by atoms with Crippen molar-refractivity contribution in [1.29, 1.82) is 0 Å². The van der Waals surface area contributed by atoms with Gasteiger partial charge in [-0.3, -0.25) is 9.59 Å². The molecule has 0 bridgehead atoms. The third-order valence-corrected chi connectivity index (χ3v) is 8.75. The van der Waals surface area contributed by atoms with E-state index >= 15 is 0 Å². The summed E-state index contributed by atoms with van der Waals surface area (Å²) in [5.74, 6) is -1.76. The van der Waals surface area contributed by atoms with Crippen LogP contribution in [-0.2, 0) is 0 Å². The number of carbonyl (C=O) groups excluding carboxylic acids is 1. The molecular formula is C32H28FN3O4S. The molecule has 1 aliphatic carbocycles. The first-order valence-corrected chi connectivity index (χ1v) is 14.4. The van der Waals surface area contributed by atoms with E-state index in [4.69, 9.17) is 0 Å². The van der Waals surface area contributed by atoms with E-state index in [9.17, 15) is 23.9 Å².